The minimum absolute atomic E-state index is 0.0505. The maximum absolute atomic E-state index is 12.6. The summed E-state index contributed by atoms with van der Waals surface area (Å²) in [4.78, 5) is 38.3. The van der Waals surface area contributed by atoms with Gasteiger partial charge >= 0.3 is 12.0 Å². The first-order valence-corrected chi connectivity index (χ1v) is 7.56. The van der Waals surface area contributed by atoms with Gasteiger partial charge < -0.3 is 20.6 Å². The van der Waals surface area contributed by atoms with Crippen molar-refractivity contribution in [1.29, 1.82) is 0 Å². The second-order valence-electron chi connectivity index (χ2n) is 5.86. The Hall–Kier alpha value is -1.79. The Balaban J connectivity index is 2.03. The molecule has 3 amide bonds. The summed E-state index contributed by atoms with van der Waals surface area (Å²) in [5.41, 5.74) is 5.26. The minimum Gasteiger partial charge on any atom is -0.481 e. The van der Waals surface area contributed by atoms with E-state index in [-0.39, 0.29) is 11.8 Å². The summed E-state index contributed by atoms with van der Waals surface area (Å²) < 4.78 is 0. The molecule has 1 saturated carbocycles. The number of carbonyl (C=O) groups is 3. The second kappa shape index (κ2) is 6.78. The van der Waals surface area contributed by atoms with Gasteiger partial charge in [0.2, 0.25) is 5.91 Å². The molecule has 118 valence electrons. The molecule has 1 saturated heterocycles. The van der Waals surface area contributed by atoms with Gasteiger partial charge in [0.1, 0.15) is 5.92 Å². The molecule has 7 heteroatoms. The van der Waals surface area contributed by atoms with Crippen molar-refractivity contribution in [1.82, 2.24) is 9.80 Å². The summed E-state index contributed by atoms with van der Waals surface area (Å²) in [7, 11) is 0. The number of nitrogens with two attached hydrogens (primary N) is 1. The fourth-order valence-electron chi connectivity index (χ4n) is 3.35. The van der Waals surface area contributed by atoms with Crippen molar-refractivity contribution in [2.75, 3.05) is 26.2 Å². The number of carboxylic acid groups (broad SMARTS) is 1. The number of urea groups is 1. The van der Waals surface area contributed by atoms with Crippen LogP contribution >= 0.6 is 0 Å². The van der Waals surface area contributed by atoms with Crippen molar-refractivity contribution in [3.63, 3.8) is 0 Å². The third-order valence-electron chi connectivity index (χ3n) is 4.52. The highest BCUT2D eigenvalue weighted by molar-refractivity contribution is 5.97. The summed E-state index contributed by atoms with van der Waals surface area (Å²) >= 11 is 0. The highest BCUT2D eigenvalue weighted by atomic mass is 16.4. The van der Waals surface area contributed by atoms with Crippen LogP contribution in [-0.4, -0.2) is 59.0 Å². The van der Waals surface area contributed by atoms with Crippen LogP contribution in [0.3, 0.4) is 0 Å². The lowest BCUT2D eigenvalue weighted by atomic mass is 9.89. The zero-order valence-electron chi connectivity index (χ0n) is 12.2. The van der Waals surface area contributed by atoms with E-state index in [9.17, 15) is 19.5 Å². The number of nitrogens with zero attached hydrogens (tertiary/aromatic N) is 2. The van der Waals surface area contributed by atoms with E-state index in [1.807, 2.05) is 0 Å². The van der Waals surface area contributed by atoms with Gasteiger partial charge in [0.15, 0.2) is 0 Å². The van der Waals surface area contributed by atoms with Crippen LogP contribution in [0.15, 0.2) is 0 Å². The third-order valence-corrected chi connectivity index (χ3v) is 4.52. The summed E-state index contributed by atoms with van der Waals surface area (Å²) in [6.45, 7) is 1.73. The van der Waals surface area contributed by atoms with Crippen molar-refractivity contribution in [2.45, 2.75) is 32.1 Å². The topological polar surface area (TPSA) is 104 Å². The molecule has 1 aliphatic carbocycles. The van der Waals surface area contributed by atoms with E-state index in [0.717, 1.165) is 25.7 Å². The van der Waals surface area contributed by atoms with Gasteiger partial charge in [-0.25, -0.2) is 4.79 Å². The maximum atomic E-state index is 12.6. The van der Waals surface area contributed by atoms with Gasteiger partial charge in [-0.1, -0.05) is 12.8 Å². The molecule has 2 aliphatic rings. The molecule has 1 aliphatic heterocycles. The molecule has 1 heterocycles. The Labute approximate surface area is 124 Å². The van der Waals surface area contributed by atoms with Crippen LogP contribution in [0.2, 0.25) is 0 Å². The normalized spacial score (nSPS) is 21.9. The highest BCUT2D eigenvalue weighted by Crippen LogP contribution is 2.32. The Morgan fingerprint density at radius 1 is 0.952 bits per heavy atom. The molecule has 21 heavy (non-hydrogen) atoms. The number of amides is 3. The molecule has 0 spiro atoms. The average molecular weight is 297 g/mol. The number of carbonyl (C=O) groups excluding carboxylic acids is 2. The van der Waals surface area contributed by atoms with Crippen molar-refractivity contribution in [2.24, 2.45) is 17.6 Å². The molecule has 0 aromatic heterocycles. The van der Waals surface area contributed by atoms with Crippen molar-refractivity contribution >= 4 is 17.9 Å². The molecule has 2 fully saturated rings. The second-order valence-corrected chi connectivity index (χ2v) is 5.86. The molecular weight excluding hydrogens is 274 g/mol. The van der Waals surface area contributed by atoms with E-state index in [2.05, 4.69) is 0 Å². The van der Waals surface area contributed by atoms with Crippen LogP contribution in [0.25, 0.3) is 0 Å². The fourth-order valence-corrected chi connectivity index (χ4v) is 3.35. The standard InChI is InChI=1S/C14H23N3O4/c15-14(21)17-7-3-6-16(8-9-17)12(18)11(13(19)20)10-4-1-2-5-10/h10-11H,1-9H2,(H2,15,21)(H,19,20). The summed E-state index contributed by atoms with van der Waals surface area (Å²) in [5, 5.41) is 9.41. The SMILES string of the molecule is NC(=O)N1CCCN(C(=O)C(C(=O)O)C2CCCC2)CC1. The smallest absolute Gasteiger partial charge is 0.316 e. The number of hydrogen-bond acceptors (Lipinski definition) is 3. The quantitative estimate of drug-likeness (QED) is 0.740. The first-order valence-electron chi connectivity index (χ1n) is 7.56. The van der Waals surface area contributed by atoms with E-state index in [1.165, 1.54) is 4.90 Å². The van der Waals surface area contributed by atoms with Gasteiger partial charge in [0, 0.05) is 26.2 Å². The van der Waals surface area contributed by atoms with Gasteiger partial charge in [-0.05, 0) is 25.2 Å². The van der Waals surface area contributed by atoms with Gasteiger partial charge in [-0.2, -0.15) is 0 Å². The van der Waals surface area contributed by atoms with Crippen LogP contribution in [0.1, 0.15) is 32.1 Å². The molecule has 0 aromatic rings. The van der Waals surface area contributed by atoms with Gasteiger partial charge in [0.25, 0.3) is 0 Å². The van der Waals surface area contributed by atoms with Crippen LogP contribution < -0.4 is 5.73 Å². The Kier molecular flexibility index (Phi) is 5.03. The van der Waals surface area contributed by atoms with E-state index in [0.29, 0.717) is 32.6 Å². The third kappa shape index (κ3) is 3.65. The van der Waals surface area contributed by atoms with Gasteiger partial charge in [-0.3, -0.25) is 9.59 Å². The summed E-state index contributed by atoms with van der Waals surface area (Å²) in [5.74, 6) is -2.32. The number of primary amides is 1. The maximum Gasteiger partial charge on any atom is 0.316 e. The molecule has 3 N–H and O–H groups in total. The number of rotatable bonds is 3. The number of aliphatic carboxylic acids is 1. The summed E-state index contributed by atoms with van der Waals surface area (Å²) in [6, 6.07) is -0.491. The van der Waals surface area contributed by atoms with Crippen LogP contribution in [-0.2, 0) is 9.59 Å². The van der Waals surface area contributed by atoms with Gasteiger partial charge in [-0.15, -0.1) is 0 Å². The summed E-state index contributed by atoms with van der Waals surface area (Å²) in [6.07, 6.45) is 4.24. The molecule has 0 bridgehead atoms. The molecule has 0 radical (unpaired) electrons. The van der Waals surface area contributed by atoms with Crippen molar-refractivity contribution in [3.8, 4) is 0 Å². The first kappa shape index (κ1) is 15.6. The predicted octanol–water partition coefficient (Wildman–Crippen LogP) is 0.490. The Bertz CT molecular complexity index is 420. The molecule has 1 unspecified atom stereocenters. The first-order chi connectivity index (χ1) is 10.0. The monoisotopic (exact) mass is 297 g/mol. The predicted molar refractivity (Wildman–Crippen MR) is 75.4 cm³/mol. The van der Waals surface area contributed by atoms with E-state index >= 15 is 0 Å². The highest BCUT2D eigenvalue weighted by Gasteiger charge is 2.39. The number of carboxylic acids is 1. The lowest BCUT2D eigenvalue weighted by Gasteiger charge is -2.27. The van der Waals surface area contributed by atoms with E-state index < -0.39 is 17.9 Å². The Morgan fingerprint density at radius 3 is 2.10 bits per heavy atom. The zero-order valence-corrected chi connectivity index (χ0v) is 12.2. The lowest BCUT2D eigenvalue weighted by Crippen LogP contribution is -2.44. The lowest BCUT2D eigenvalue weighted by molar-refractivity contribution is -0.153. The molecule has 2 rings (SSSR count). The van der Waals surface area contributed by atoms with E-state index in [4.69, 9.17) is 5.73 Å². The van der Waals surface area contributed by atoms with Crippen LogP contribution in [0.4, 0.5) is 4.79 Å². The molecule has 1 atom stereocenters. The molecule has 7 nitrogen and oxygen atoms in total. The average Bonchev–Trinajstić information content (AvgIpc) is 2.81. The van der Waals surface area contributed by atoms with Crippen molar-refractivity contribution in [3.05, 3.63) is 0 Å². The van der Waals surface area contributed by atoms with Crippen LogP contribution in [0, 0.1) is 11.8 Å². The largest absolute Gasteiger partial charge is 0.481 e. The van der Waals surface area contributed by atoms with Crippen molar-refractivity contribution < 1.29 is 19.5 Å². The molecule has 0 aromatic carbocycles. The minimum atomic E-state index is -1.03. The molecular formula is C14H23N3O4. The number of hydrogen-bond donors (Lipinski definition) is 2. The van der Waals surface area contributed by atoms with E-state index in [1.54, 1.807) is 4.90 Å². The van der Waals surface area contributed by atoms with Crippen LogP contribution in [0.5, 0.6) is 0 Å². The van der Waals surface area contributed by atoms with Gasteiger partial charge in [0.05, 0.1) is 0 Å². The fraction of sp³-hybridized carbons (Fsp3) is 0.786. The zero-order chi connectivity index (χ0) is 15.4. The Morgan fingerprint density at radius 2 is 1.52 bits per heavy atom.